The molecule has 0 bridgehead atoms. The SMILES string of the molecule is CC(C)(C)c1ccc(Cn2c(CCCNC=O)nc3ccccc32)cc1. The van der Waals surface area contributed by atoms with Crippen molar-refractivity contribution < 1.29 is 4.79 Å². The number of benzene rings is 2. The topological polar surface area (TPSA) is 46.9 Å². The van der Waals surface area contributed by atoms with Gasteiger partial charge in [-0.2, -0.15) is 0 Å². The maximum Gasteiger partial charge on any atom is 0.207 e. The summed E-state index contributed by atoms with van der Waals surface area (Å²) in [4.78, 5) is 15.2. The lowest BCUT2D eigenvalue weighted by Gasteiger charge is -2.19. The molecule has 3 rings (SSSR count). The van der Waals surface area contributed by atoms with Gasteiger partial charge in [0.05, 0.1) is 11.0 Å². The number of carbonyl (C=O) groups is 1. The van der Waals surface area contributed by atoms with Gasteiger partial charge < -0.3 is 9.88 Å². The molecule has 136 valence electrons. The number of rotatable bonds is 7. The molecule has 0 aliphatic rings. The van der Waals surface area contributed by atoms with E-state index in [0.29, 0.717) is 6.54 Å². The van der Waals surface area contributed by atoms with Crippen LogP contribution in [0.2, 0.25) is 0 Å². The molecule has 2 aromatic carbocycles. The zero-order valence-corrected chi connectivity index (χ0v) is 15.8. The summed E-state index contributed by atoms with van der Waals surface area (Å²) in [7, 11) is 0. The van der Waals surface area contributed by atoms with Crippen molar-refractivity contribution in [2.75, 3.05) is 6.54 Å². The molecule has 3 aromatic rings. The molecule has 0 radical (unpaired) electrons. The van der Waals surface area contributed by atoms with E-state index in [1.165, 1.54) is 11.1 Å². The minimum atomic E-state index is 0.164. The Bertz CT molecular complexity index is 873. The van der Waals surface area contributed by atoms with E-state index in [4.69, 9.17) is 4.98 Å². The van der Waals surface area contributed by atoms with Crippen LogP contribution in [0.4, 0.5) is 0 Å². The van der Waals surface area contributed by atoms with Gasteiger partial charge in [-0.25, -0.2) is 4.98 Å². The molecule has 0 aliphatic heterocycles. The largest absolute Gasteiger partial charge is 0.359 e. The number of carbonyl (C=O) groups excluding carboxylic acids is 1. The molecule has 0 unspecified atom stereocenters. The first-order chi connectivity index (χ1) is 12.5. The number of aromatic nitrogens is 2. The first kappa shape index (κ1) is 18.2. The van der Waals surface area contributed by atoms with Gasteiger partial charge in [0.1, 0.15) is 5.82 Å². The third kappa shape index (κ3) is 4.13. The van der Waals surface area contributed by atoms with Crippen molar-refractivity contribution >= 4 is 17.4 Å². The summed E-state index contributed by atoms with van der Waals surface area (Å²) in [6, 6.07) is 17.1. The fourth-order valence-electron chi connectivity index (χ4n) is 3.19. The van der Waals surface area contributed by atoms with E-state index in [1.54, 1.807) is 0 Å². The Hall–Kier alpha value is -2.62. The molecule has 0 saturated heterocycles. The molecule has 26 heavy (non-hydrogen) atoms. The average molecular weight is 349 g/mol. The second-order valence-electron chi connectivity index (χ2n) is 7.73. The smallest absolute Gasteiger partial charge is 0.207 e. The number of amides is 1. The van der Waals surface area contributed by atoms with Crippen LogP contribution in [0.15, 0.2) is 48.5 Å². The Labute approximate surface area is 155 Å². The van der Waals surface area contributed by atoms with E-state index in [1.807, 2.05) is 6.07 Å². The van der Waals surface area contributed by atoms with Crippen molar-refractivity contribution in [1.82, 2.24) is 14.9 Å². The van der Waals surface area contributed by atoms with Crippen molar-refractivity contribution in [2.45, 2.75) is 45.6 Å². The van der Waals surface area contributed by atoms with Crippen LogP contribution < -0.4 is 5.32 Å². The van der Waals surface area contributed by atoms with Crippen LogP contribution in [0.5, 0.6) is 0 Å². The number of hydrogen-bond acceptors (Lipinski definition) is 2. The maximum atomic E-state index is 10.4. The summed E-state index contributed by atoms with van der Waals surface area (Å²) >= 11 is 0. The number of aryl methyl sites for hydroxylation is 1. The summed E-state index contributed by atoms with van der Waals surface area (Å²) in [6.07, 6.45) is 2.47. The van der Waals surface area contributed by atoms with Crippen LogP contribution in [0.1, 0.15) is 44.1 Å². The van der Waals surface area contributed by atoms with E-state index in [-0.39, 0.29) is 5.41 Å². The lowest BCUT2D eigenvalue weighted by atomic mass is 9.87. The number of nitrogens with zero attached hydrogens (tertiary/aromatic N) is 2. The molecule has 1 aromatic heterocycles. The highest BCUT2D eigenvalue weighted by atomic mass is 16.1. The lowest BCUT2D eigenvalue weighted by molar-refractivity contribution is -0.109. The van der Waals surface area contributed by atoms with Crippen LogP contribution in [0.25, 0.3) is 11.0 Å². The molecular formula is C22H27N3O. The predicted octanol–water partition coefficient (Wildman–Crippen LogP) is 4.06. The molecule has 0 fully saturated rings. The van der Waals surface area contributed by atoms with Gasteiger partial charge in [-0.15, -0.1) is 0 Å². The van der Waals surface area contributed by atoms with E-state index in [2.05, 4.69) is 73.1 Å². The zero-order valence-electron chi connectivity index (χ0n) is 15.8. The van der Waals surface area contributed by atoms with Crippen molar-refractivity contribution in [3.63, 3.8) is 0 Å². The Balaban J connectivity index is 1.86. The van der Waals surface area contributed by atoms with Crippen molar-refractivity contribution in [3.8, 4) is 0 Å². The van der Waals surface area contributed by atoms with Crippen molar-refractivity contribution in [3.05, 3.63) is 65.5 Å². The Morgan fingerprint density at radius 2 is 1.81 bits per heavy atom. The number of nitrogens with one attached hydrogen (secondary N) is 1. The lowest BCUT2D eigenvalue weighted by Crippen LogP contribution is -2.14. The highest BCUT2D eigenvalue weighted by Crippen LogP contribution is 2.24. The molecule has 0 spiro atoms. The van der Waals surface area contributed by atoms with E-state index in [0.717, 1.165) is 42.7 Å². The van der Waals surface area contributed by atoms with Crippen LogP contribution in [-0.4, -0.2) is 22.5 Å². The van der Waals surface area contributed by atoms with Crippen LogP contribution in [-0.2, 0) is 23.2 Å². The maximum absolute atomic E-state index is 10.4. The highest BCUT2D eigenvalue weighted by Gasteiger charge is 2.14. The highest BCUT2D eigenvalue weighted by molar-refractivity contribution is 5.76. The molecule has 4 heteroatoms. The predicted molar refractivity (Wildman–Crippen MR) is 106 cm³/mol. The van der Waals surface area contributed by atoms with Crippen molar-refractivity contribution in [1.29, 1.82) is 0 Å². The Morgan fingerprint density at radius 1 is 1.08 bits per heavy atom. The van der Waals surface area contributed by atoms with Crippen LogP contribution >= 0.6 is 0 Å². The van der Waals surface area contributed by atoms with E-state index in [9.17, 15) is 4.79 Å². The molecule has 0 saturated carbocycles. The van der Waals surface area contributed by atoms with Gasteiger partial charge in [-0.05, 0) is 35.1 Å². The Kier molecular flexibility index (Phi) is 5.40. The fraction of sp³-hybridized carbons (Fsp3) is 0.364. The number of fused-ring (bicyclic) bond motifs is 1. The standard InChI is InChI=1S/C22H27N3O/c1-22(2,3)18-12-10-17(11-13-18)15-25-20-8-5-4-7-19(20)24-21(25)9-6-14-23-16-26/h4-5,7-8,10-13,16H,6,9,14-15H2,1-3H3,(H,23,26). The summed E-state index contributed by atoms with van der Waals surface area (Å²) in [5.74, 6) is 1.07. The molecule has 4 nitrogen and oxygen atoms in total. The third-order valence-electron chi connectivity index (χ3n) is 4.70. The van der Waals surface area contributed by atoms with Gasteiger partial charge in [-0.3, -0.25) is 4.79 Å². The summed E-state index contributed by atoms with van der Waals surface area (Å²) in [6.45, 7) is 8.18. The minimum absolute atomic E-state index is 0.164. The molecular weight excluding hydrogens is 322 g/mol. The normalized spacial score (nSPS) is 11.7. The first-order valence-electron chi connectivity index (χ1n) is 9.19. The fourth-order valence-corrected chi connectivity index (χ4v) is 3.19. The molecule has 0 atom stereocenters. The summed E-state index contributed by atoms with van der Waals surface area (Å²) in [5, 5.41) is 2.72. The van der Waals surface area contributed by atoms with Gasteiger partial charge in [0.15, 0.2) is 0 Å². The molecule has 1 amide bonds. The average Bonchev–Trinajstić information content (AvgIpc) is 2.96. The van der Waals surface area contributed by atoms with Gasteiger partial charge >= 0.3 is 0 Å². The second-order valence-corrected chi connectivity index (χ2v) is 7.73. The first-order valence-corrected chi connectivity index (χ1v) is 9.19. The van der Waals surface area contributed by atoms with Gasteiger partial charge in [0.25, 0.3) is 0 Å². The molecule has 1 N–H and O–H groups in total. The number of hydrogen-bond donors (Lipinski definition) is 1. The zero-order chi connectivity index (χ0) is 18.6. The van der Waals surface area contributed by atoms with Gasteiger partial charge in [0, 0.05) is 19.5 Å². The second kappa shape index (κ2) is 7.73. The third-order valence-corrected chi connectivity index (χ3v) is 4.70. The molecule has 1 heterocycles. The van der Waals surface area contributed by atoms with E-state index < -0.39 is 0 Å². The number of imidazole rings is 1. The van der Waals surface area contributed by atoms with E-state index >= 15 is 0 Å². The molecule has 0 aliphatic carbocycles. The van der Waals surface area contributed by atoms with Crippen LogP contribution in [0, 0.1) is 0 Å². The minimum Gasteiger partial charge on any atom is -0.359 e. The number of para-hydroxylation sites is 2. The van der Waals surface area contributed by atoms with Gasteiger partial charge in [0.2, 0.25) is 6.41 Å². The van der Waals surface area contributed by atoms with Crippen LogP contribution in [0.3, 0.4) is 0 Å². The summed E-state index contributed by atoms with van der Waals surface area (Å²) < 4.78 is 2.29. The van der Waals surface area contributed by atoms with Crippen molar-refractivity contribution in [2.24, 2.45) is 0 Å². The Morgan fingerprint density at radius 3 is 2.50 bits per heavy atom. The summed E-state index contributed by atoms with van der Waals surface area (Å²) in [5.41, 5.74) is 4.96. The van der Waals surface area contributed by atoms with Gasteiger partial charge in [-0.1, -0.05) is 57.2 Å². The monoisotopic (exact) mass is 349 g/mol. The quantitative estimate of drug-likeness (QED) is 0.516.